The molecule has 0 aliphatic rings. The van der Waals surface area contributed by atoms with Gasteiger partial charge in [0.2, 0.25) is 0 Å². The van der Waals surface area contributed by atoms with Crippen molar-refractivity contribution in [3.8, 4) is 0 Å². The molecular formula is C12H10ClNO2. The number of aromatic nitrogens is 1. The van der Waals surface area contributed by atoms with Crippen LogP contribution in [0.1, 0.15) is 5.56 Å². The summed E-state index contributed by atoms with van der Waals surface area (Å²) in [7, 11) is 1.84. The lowest BCUT2D eigenvalue weighted by Gasteiger charge is -1.98. The maximum Gasteiger partial charge on any atom is 0.335 e. The summed E-state index contributed by atoms with van der Waals surface area (Å²) in [6.07, 6.45) is 1.75. The molecule has 1 aromatic carbocycles. The topological polar surface area (TPSA) is 42.2 Å². The van der Waals surface area contributed by atoms with Crippen molar-refractivity contribution in [2.24, 2.45) is 7.05 Å². The number of benzene rings is 1. The zero-order valence-corrected chi connectivity index (χ0v) is 9.45. The van der Waals surface area contributed by atoms with Gasteiger partial charge in [-0.3, -0.25) is 0 Å². The molecule has 2 rings (SSSR count). The lowest BCUT2D eigenvalue weighted by atomic mass is 10.1. The summed E-state index contributed by atoms with van der Waals surface area (Å²) in [5.41, 5.74) is 1.61. The number of carboxylic acids is 1. The van der Waals surface area contributed by atoms with Crippen molar-refractivity contribution in [2.75, 3.05) is 0 Å². The monoisotopic (exact) mass is 235 g/mol. The van der Waals surface area contributed by atoms with Gasteiger partial charge < -0.3 is 9.67 Å². The van der Waals surface area contributed by atoms with Crippen molar-refractivity contribution in [3.63, 3.8) is 0 Å². The third-order valence-corrected chi connectivity index (χ3v) is 2.77. The summed E-state index contributed by atoms with van der Waals surface area (Å²) in [5.74, 6) is -1.01. The number of aliphatic carboxylic acids is 1. The molecule has 16 heavy (non-hydrogen) atoms. The van der Waals surface area contributed by atoms with Crippen molar-refractivity contribution in [3.05, 3.63) is 41.6 Å². The molecule has 4 heteroatoms. The predicted molar refractivity (Wildman–Crippen MR) is 64.6 cm³/mol. The Morgan fingerprint density at radius 3 is 2.81 bits per heavy atom. The van der Waals surface area contributed by atoms with Gasteiger partial charge in [0.25, 0.3) is 0 Å². The Balaban J connectivity index is 2.73. The average Bonchev–Trinajstić information content (AvgIpc) is 2.55. The molecule has 0 atom stereocenters. The van der Waals surface area contributed by atoms with E-state index < -0.39 is 5.97 Å². The Bertz CT molecular complexity index is 598. The van der Waals surface area contributed by atoms with E-state index in [4.69, 9.17) is 16.7 Å². The molecule has 82 valence electrons. The molecule has 0 saturated carbocycles. The summed E-state index contributed by atoms with van der Waals surface area (Å²) >= 11 is 5.89. The number of nitrogens with zero attached hydrogens (tertiary/aromatic N) is 1. The molecule has 1 N–H and O–H groups in total. The van der Waals surface area contributed by atoms with Gasteiger partial charge in [0.1, 0.15) is 0 Å². The fraction of sp³-hybridized carbons (Fsp3) is 0.0833. The van der Waals surface area contributed by atoms with Gasteiger partial charge in [0, 0.05) is 34.7 Å². The summed E-state index contributed by atoms with van der Waals surface area (Å²) in [6.45, 7) is 3.56. The second kappa shape index (κ2) is 3.68. The highest BCUT2D eigenvalue weighted by atomic mass is 35.5. The van der Waals surface area contributed by atoms with Crippen molar-refractivity contribution in [2.45, 2.75) is 0 Å². The van der Waals surface area contributed by atoms with E-state index in [0.29, 0.717) is 10.6 Å². The van der Waals surface area contributed by atoms with Crippen LogP contribution >= 0.6 is 11.6 Å². The number of carboxylic acid groups (broad SMARTS) is 1. The normalized spacial score (nSPS) is 10.6. The van der Waals surface area contributed by atoms with E-state index in [0.717, 1.165) is 10.9 Å². The van der Waals surface area contributed by atoms with Crippen LogP contribution in [-0.2, 0) is 11.8 Å². The number of hydrogen-bond acceptors (Lipinski definition) is 1. The van der Waals surface area contributed by atoms with Crippen molar-refractivity contribution >= 4 is 34.0 Å². The number of fused-ring (bicyclic) bond motifs is 1. The number of halogens is 1. The second-order valence-electron chi connectivity index (χ2n) is 3.60. The van der Waals surface area contributed by atoms with Crippen LogP contribution in [0.4, 0.5) is 0 Å². The van der Waals surface area contributed by atoms with Crippen LogP contribution in [0.3, 0.4) is 0 Å². The Morgan fingerprint density at radius 1 is 1.50 bits per heavy atom. The SMILES string of the molecule is C=C(C(=O)O)c1cn(C)c2cc(Cl)ccc12. The standard InChI is InChI=1S/C12H10ClNO2/c1-7(12(15)16)10-6-14(2)11-5-8(13)3-4-9(10)11/h3-6H,1H2,2H3,(H,15,16). The molecule has 3 nitrogen and oxygen atoms in total. The molecule has 0 aliphatic carbocycles. The van der Waals surface area contributed by atoms with Crippen LogP contribution < -0.4 is 0 Å². The first-order valence-electron chi connectivity index (χ1n) is 4.68. The Hall–Kier alpha value is -1.74. The largest absolute Gasteiger partial charge is 0.478 e. The van der Waals surface area contributed by atoms with Gasteiger partial charge in [-0.1, -0.05) is 24.2 Å². The molecule has 0 unspecified atom stereocenters. The van der Waals surface area contributed by atoms with E-state index in [9.17, 15) is 4.79 Å². The summed E-state index contributed by atoms with van der Waals surface area (Å²) in [4.78, 5) is 10.9. The van der Waals surface area contributed by atoms with Crippen molar-refractivity contribution in [1.29, 1.82) is 0 Å². The quantitative estimate of drug-likeness (QED) is 0.814. The first kappa shape index (κ1) is 10.8. The lowest BCUT2D eigenvalue weighted by Crippen LogP contribution is -1.96. The van der Waals surface area contributed by atoms with Crippen LogP contribution in [0, 0.1) is 0 Å². The van der Waals surface area contributed by atoms with Gasteiger partial charge in [-0.05, 0) is 12.1 Å². The first-order valence-corrected chi connectivity index (χ1v) is 5.05. The Kier molecular flexibility index (Phi) is 2.48. The summed E-state index contributed by atoms with van der Waals surface area (Å²) in [6, 6.07) is 5.35. The molecule has 1 heterocycles. The van der Waals surface area contributed by atoms with E-state index in [1.165, 1.54) is 0 Å². The first-order chi connectivity index (χ1) is 7.50. The number of carbonyl (C=O) groups is 1. The molecule has 0 saturated heterocycles. The smallest absolute Gasteiger partial charge is 0.335 e. The molecule has 0 amide bonds. The fourth-order valence-corrected chi connectivity index (χ4v) is 1.88. The maximum atomic E-state index is 10.9. The molecule has 0 aliphatic heterocycles. The number of aryl methyl sites for hydroxylation is 1. The predicted octanol–water partition coefficient (Wildman–Crippen LogP) is 2.93. The van der Waals surface area contributed by atoms with E-state index in [1.54, 1.807) is 24.4 Å². The minimum atomic E-state index is -1.01. The molecule has 0 fully saturated rings. The highest BCUT2D eigenvalue weighted by Gasteiger charge is 2.14. The van der Waals surface area contributed by atoms with Crippen LogP contribution in [0.15, 0.2) is 31.0 Å². The second-order valence-corrected chi connectivity index (χ2v) is 4.04. The third-order valence-electron chi connectivity index (χ3n) is 2.54. The average molecular weight is 236 g/mol. The number of rotatable bonds is 2. The Morgan fingerprint density at radius 2 is 2.19 bits per heavy atom. The number of hydrogen-bond donors (Lipinski definition) is 1. The zero-order chi connectivity index (χ0) is 11.9. The minimum absolute atomic E-state index is 0.0907. The Labute approximate surface area is 97.6 Å². The van der Waals surface area contributed by atoms with E-state index >= 15 is 0 Å². The summed E-state index contributed by atoms with van der Waals surface area (Å²) < 4.78 is 1.84. The van der Waals surface area contributed by atoms with Gasteiger partial charge in [0.05, 0.1) is 5.57 Å². The van der Waals surface area contributed by atoms with Gasteiger partial charge in [-0.2, -0.15) is 0 Å². The minimum Gasteiger partial charge on any atom is -0.478 e. The molecule has 1 aromatic heterocycles. The van der Waals surface area contributed by atoms with Crippen LogP contribution in [0.5, 0.6) is 0 Å². The van der Waals surface area contributed by atoms with Gasteiger partial charge in [-0.15, -0.1) is 0 Å². The van der Waals surface area contributed by atoms with Gasteiger partial charge in [0.15, 0.2) is 0 Å². The maximum absolute atomic E-state index is 10.9. The van der Waals surface area contributed by atoms with Crippen LogP contribution in [-0.4, -0.2) is 15.6 Å². The molecule has 2 aromatic rings. The van der Waals surface area contributed by atoms with Gasteiger partial charge in [-0.25, -0.2) is 4.79 Å². The lowest BCUT2D eigenvalue weighted by molar-refractivity contribution is -0.130. The molecule has 0 spiro atoms. The molecule has 0 radical (unpaired) electrons. The zero-order valence-electron chi connectivity index (χ0n) is 8.70. The highest BCUT2D eigenvalue weighted by molar-refractivity contribution is 6.31. The van der Waals surface area contributed by atoms with E-state index in [-0.39, 0.29) is 5.57 Å². The van der Waals surface area contributed by atoms with Crippen LogP contribution in [0.2, 0.25) is 5.02 Å². The van der Waals surface area contributed by atoms with E-state index in [2.05, 4.69) is 6.58 Å². The molecule has 0 bridgehead atoms. The molecular weight excluding hydrogens is 226 g/mol. The van der Waals surface area contributed by atoms with E-state index in [1.807, 2.05) is 11.6 Å². The summed E-state index contributed by atoms with van der Waals surface area (Å²) in [5, 5.41) is 10.4. The van der Waals surface area contributed by atoms with Crippen molar-refractivity contribution < 1.29 is 9.90 Å². The van der Waals surface area contributed by atoms with Gasteiger partial charge >= 0.3 is 5.97 Å². The highest BCUT2D eigenvalue weighted by Crippen LogP contribution is 2.28. The fourth-order valence-electron chi connectivity index (χ4n) is 1.71. The van der Waals surface area contributed by atoms with Crippen molar-refractivity contribution in [1.82, 2.24) is 4.57 Å². The third kappa shape index (κ3) is 1.59. The van der Waals surface area contributed by atoms with Crippen LogP contribution in [0.25, 0.3) is 16.5 Å².